The number of aliphatic carboxylic acids is 1. The van der Waals surface area contributed by atoms with E-state index >= 15 is 0 Å². The van der Waals surface area contributed by atoms with Gasteiger partial charge in [0.15, 0.2) is 0 Å². The van der Waals surface area contributed by atoms with Gasteiger partial charge in [0.2, 0.25) is 0 Å². The number of hydrogen-bond donors (Lipinski definition) is 1. The Bertz CT molecular complexity index is 437. The molecule has 0 atom stereocenters. The van der Waals surface area contributed by atoms with Gasteiger partial charge in [-0.25, -0.2) is 4.79 Å². The van der Waals surface area contributed by atoms with Gasteiger partial charge in [-0.3, -0.25) is 4.79 Å². The van der Waals surface area contributed by atoms with Crippen molar-refractivity contribution in [2.75, 3.05) is 6.61 Å². The zero-order valence-corrected chi connectivity index (χ0v) is 10.7. The standard InChI is InChI=1S/C14H18O4/c1-3-11-7-5-10(6-8-13(15)16)9-12(11)14(17)18-4-2/h5,7,9H,3-4,6,8H2,1-2H3,(H,15,16). The molecule has 18 heavy (non-hydrogen) atoms. The van der Waals surface area contributed by atoms with Crippen LogP contribution in [0.15, 0.2) is 18.2 Å². The summed E-state index contributed by atoms with van der Waals surface area (Å²) in [7, 11) is 0. The minimum Gasteiger partial charge on any atom is -0.481 e. The summed E-state index contributed by atoms with van der Waals surface area (Å²) in [5.41, 5.74) is 2.31. The average molecular weight is 250 g/mol. The zero-order valence-electron chi connectivity index (χ0n) is 10.7. The second-order valence-corrected chi connectivity index (χ2v) is 3.96. The van der Waals surface area contributed by atoms with Crippen LogP contribution in [0.25, 0.3) is 0 Å². The molecule has 0 amide bonds. The normalized spacial score (nSPS) is 10.1. The Morgan fingerprint density at radius 3 is 2.56 bits per heavy atom. The Morgan fingerprint density at radius 2 is 2.00 bits per heavy atom. The van der Waals surface area contributed by atoms with Crippen molar-refractivity contribution in [3.05, 3.63) is 34.9 Å². The van der Waals surface area contributed by atoms with Gasteiger partial charge in [0.05, 0.1) is 12.2 Å². The average Bonchev–Trinajstić information content (AvgIpc) is 2.36. The highest BCUT2D eigenvalue weighted by molar-refractivity contribution is 5.91. The predicted octanol–water partition coefficient (Wildman–Crippen LogP) is 2.44. The smallest absolute Gasteiger partial charge is 0.338 e. The number of hydrogen-bond acceptors (Lipinski definition) is 3. The third kappa shape index (κ3) is 3.87. The maximum atomic E-state index is 11.8. The number of carboxylic acids is 1. The first kappa shape index (κ1) is 14.2. The van der Waals surface area contributed by atoms with Crippen molar-refractivity contribution < 1.29 is 19.4 Å². The van der Waals surface area contributed by atoms with Crippen LogP contribution < -0.4 is 0 Å². The molecule has 0 fully saturated rings. The van der Waals surface area contributed by atoms with Gasteiger partial charge in [-0.05, 0) is 37.0 Å². The van der Waals surface area contributed by atoms with Gasteiger partial charge in [0, 0.05) is 6.42 Å². The molecule has 0 bridgehead atoms. The lowest BCUT2D eigenvalue weighted by Gasteiger charge is -2.09. The Labute approximate surface area is 107 Å². The Hall–Kier alpha value is -1.84. The lowest BCUT2D eigenvalue weighted by atomic mass is 9.99. The summed E-state index contributed by atoms with van der Waals surface area (Å²) in [6.45, 7) is 4.06. The number of benzene rings is 1. The predicted molar refractivity (Wildman–Crippen MR) is 67.7 cm³/mol. The van der Waals surface area contributed by atoms with Crippen LogP contribution in [0.3, 0.4) is 0 Å². The minimum atomic E-state index is -0.841. The minimum absolute atomic E-state index is 0.0632. The van der Waals surface area contributed by atoms with Crippen LogP contribution in [-0.2, 0) is 22.4 Å². The van der Waals surface area contributed by atoms with E-state index in [0.717, 1.165) is 17.5 Å². The number of esters is 1. The summed E-state index contributed by atoms with van der Waals surface area (Å²) >= 11 is 0. The summed E-state index contributed by atoms with van der Waals surface area (Å²) < 4.78 is 5.00. The lowest BCUT2D eigenvalue weighted by molar-refractivity contribution is -0.136. The number of carboxylic acid groups (broad SMARTS) is 1. The molecule has 0 unspecified atom stereocenters. The van der Waals surface area contributed by atoms with Gasteiger partial charge in [-0.1, -0.05) is 19.1 Å². The first-order valence-electron chi connectivity index (χ1n) is 6.09. The largest absolute Gasteiger partial charge is 0.481 e. The maximum Gasteiger partial charge on any atom is 0.338 e. The van der Waals surface area contributed by atoms with E-state index in [1.54, 1.807) is 13.0 Å². The van der Waals surface area contributed by atoms with E-state index < -0.39 is 5.97 Å². The van der Waals surface area contributed by atoms with Gasteiger partial charge in [-0.2, -0.15) is 0 Å². The van der Waals surface area contributed by atoms with E-state index in [2.05, 4.69) is 0 Å². The zero-order chi connectivity index (χ0) is 13.5. The molecule has 0 saturated heterocycles. The van der Waals surface area contributed by atoms with E-state index in [9.17, 15) is 9.59 Å². The molecule has 1 aromatic rings. The molecule has 0 aliphatic rings. The molecule has 0 aliphatic carbocycles. The molecular formula is C14H18O4. The molecule has 1 aromatic carbocycles. The van der Waals surface area contributed by atoms with Crippen LogP contribution in [0.2, 0.25) is 0 Å². The van der Waals surface area contributed by atoms with Crippen molar-refractivity contribution in [2.45, 2.75) is 33.1 Å². The van der Waals surface area contributed by atoms with E-state index in [0.29, 0.717) is 18.6 Å². The summed E-state index contributed by atoms with van der Waals surface area (Å²) in [5.74, 6) is -1.18. The summed E-state index contributed by atoms with van der Waals surface area (Å²) in [4.78, 5) is 22.3. The fourth-order valence-electron chi connectivity index (χ4n) is 1.74. The van der Waals surface area contributed by atoms with Crippen LogP contribution in [0.1, 0.15) is 41.8 Å². The number of aryl methyl sites for hydroxylation is 2. The van der Waals surface area contributed by atoms with Crippen LogP contribution in [0.4, 0.5) is 0 Å². The highest BCUT2D eigenvalue weighted by Gasteiger charge is 2.12. The van der Waals surface area contributed by atoms with Crippen LogP contribution in [0, 0.1) is 0 Å². The second kappa shape index (κ2) is 6.79. The molecule has 0 heterocycles. The Morgan fingerprint density at radius 1 is 1.28 bits per heavy atom. The van der Waals surface area contributed by atoms with Crippen molar-refractivity contribution in [3.8, 4) is 0 Å². The van der Waals surface area contributed by atoms with Crippen LogP contribution in [0.5, 0.6) is 0 Å². The number of rotatable bonds is 6. The van der Waals surface area contributed by atoms with Gasteiger partial charge >= 0.3 is 11.9 Å². The first-order valence-corrected chi connectivity index (χ1v) is 6.09. The van der Waals surface area contributed by atoms with Crippen molar-refractivity contribution in [1.29, 1.82) is 0 Å². The fraction of sp³-hybridized carbons (Fsp3) is 0.429. The van der Waals surface area contributed by atoms with Crippen molar-refractivity contribution in [3.63, 3.8) is 0 Å². The van der Waals surface area contributed by atoms with Crippen molar-refractivity contribution >= 4 is 11.9 Å². The SMILES string of the molecule is CCOC(=O)c1cc(CCC(=O)O)ccc1CC. The molecule has 98 valence electrons. The highest BCUT2D eigenvalue weighted by Crippen LogP contribution is 2.15. The summed E-state index contributed by atoms with van der Waals surface area (Å²) in [5, 5.41) is 8.65. The Balaban J connectivity index is 2.94. The lowest BCUT2D eigenvalue weighted by Crippen LogP contribution is -2.09. The Kier molecular flexibility index (Phi) is 5.36. The molecular weight excluding hydrogens is 232 g/mol. The van der Waals surface area contributed by atoms with Gasteiger partial charge in [-0.15, -0.1) is 0 Å². The molecule has 0 aliphatic heterocycles. The molecule has 0 aromatic heterocycles. The van der Waals surface area contributed by atoms with Gasteiger partial charge in [0.25, 0.3) is 0 Å². The molecule has 0 radical (unpaired) electrons. The van der Waals surface area contributed by atoms with Gasteiger partial charge in [0.1, 0.15) is 0 Å². The molecule has 0 saturated carbocycles. The van der Waals surface area contributed by atoms with E-state index in [4.69, 9.17) is 9.84 Å². The van der Waals surface area contributed by atoms with Crippen molar-refractivity contribution in [1.82, 2.24) is 0 Å². The number of carbonyl (C=O) groups excluding carboxylic acids is 1. The van der Waals surface area contributed by atoms with E-state index in [1.807, 2.05) is 19.1 Å². The topological polar surface area (TPSA) is 63.6 Å². The monoisotopic (exact) mass is 250 g/mol. The van der Waals surface area contributed by atoms with E-state index in [-0.39, 0.29) is 12.4 Å². The maximum absolute atomic E-state index is 11.8. The number of ether oxygens (including phenoxy) is 1. The number of carbonyl (C=O) groups is 2. The van der Waals surface area contributed by atoms with Gasteiger partial charge < -0.3 is 9.84 Å². The van der Waals surface area contributed by atoms with Crippen LogP contribution >= 0.6 is 0 Å². The second-order valence-electron chi connectivity index (χ2n) is 3.96. The summed E-state index contributed by atoms with van der Waals surface area (Å²) in [6, 6.07) is 5.47. The molecule has 4 heteroatoms. The third-order valence-electron chi connectivity index (χ3n) is 2.68. The fourth-order valence-corrected chi connectivity index (χ4v) is 1.74. The van der Waals surface area contributed by atoms with Crippen molar-refractivity contribution in [2.24, 2.45) is 0 Å². The molecule has 4 nitrogen and oxygen atoms in total. The molecule has 0 spiro atoms. The molecule has 1 rings (SSSR count). The summed E-state index contributed by atoms with van der Waals surface area (Å²) in [6.07, 6.45) is 1.23. The van der Waals surface area contributed by atoms with Crippen LogP contribution in [-0.4, -0.2) is 23.7 Å². The third-order valence-corrected chi connectivity index (χ3v) is 2.68. The van der Waals surface area contributed by atoms with E-state index in [1.165, 1.54) is 0 Å². The first-order chi connectivity index (χ1) is 8.58. The highest BCUT2D eigenvalue weighted by atomic mass is 16.5. The molecule has 1 N–H and O–H groups in total. The quantitative estimate of drug-likeness (QED) is 0.788.